The van der Waals surface area contributed by atoms with Gasteiger partial charge in [-0.3, -0.25) is 4.79 Å². The van der Waals surface area contributed by atoms with E-state index in [9.17, 15) is 9.18 Å². The van der Waals surface area contributed by atoms with Crippen molar-refractivity contribution in [2.45, 2.75) is 12.5 Å². The summed E-state index contributed by atoms with van der Waals surface area (Å²) in [4.78, 5) is 22.1. The molecule has 0 radical (unpaired) electrons. The summed E-state index contributed by atoms with van der Waals surface area (Å²) in [7, 11) is 1.56. The molecule has 1 aliphatic heterocycles. The molecule has 1 aliphatic rings. The third kappa shape index (κ3) is 4.03. The zero-order valence-corrected chi connectivity index (χ0v) is 17.6. The molecule has 2 aromatic carbocycles. The molecular formula is C23H18ClFN4O2. The van der Waals surface area contributed by atoms with E-state index in [4.69, 9.17) is 16.3 Å². The average molecular weight is 437 g/mol. The van der Waals surface area contributed by atoms with E-state index in [-0.39, 0.29) is 10.9 Å². The minimum absolute atomic E-state index is 0.00730. The van der Waals surface area contributed by atoms with Crippen molar-refractivity contribution < 1.29 is 13.9 Å². The number of carbonyl (C=O) groups is 1. The van der Waals surface area contributed by atoms with Crippen molar-refractivity contribution in [3.63, 3.8) is 0 Å². The van der Waals surface area contributed by atoms with Crippen LogP contribution in [0.2, 0.25) is 5.02 Å². The predicted molar refractivity (Wildman–Crippen MR) is 118 cm³/mol. The van der Waals surface area contributed by atoms with Crippen LogP contribution in [0, 0.1) is 17.7 Å². The van der Waals surface area contributed by atoms with Crippen LogP contribution >= 0.6 is 11.6 Å². The van der Waals surface area contributed by atoms with Crippen molar-refractivity contribution in [3.05, 3.63) is 65.7 Å². The fourth-order valence-electron chi connectivity index (χ4n) is 3.17. The molecule has 1 amide bonds. The van der Waals surface area contributed by atoms with Gasteiger partial charge in [-0.05, 0) is 37.3 Å². The molecule has 0 saturated carbocycles. The van der Waals surface area contributed by atoms with Gasteiger partial charge in [0.25, 0.3) is 0 Å². The van der Waals surface area contributed by atoms with Crippen LogP contribution in [0.1, 0.15) is 12.5 Å². The number of rotatable bonds is 4. The van der Waals surface area contributed by atoms with Crippen molar-refractivity contribution in [3.8, 4) is 17.6 Å². The van der Waals surface area contributed by atoms with E-state index < -0.39 is 11.4 Å². The number of halogens is 2. The normalized spacial score (nSPS) is 17.0. The maximum absolute atomic E-state index is 13.5. The summed E-state index contributed by atoms with van der Waals surface area (Å²) < 4.78 is 19.0. The summed E-state index contributed by atoms with van der Waals surface area (Å²) in [6.45, 7) is 5.95. The van der Waals surface area contributed by atoms with Crippen LogP contribution in [0.5, 0.6) is 5.75 Å². The molecule has 1 atom stereocenters. The summed E-state index contributed by atoms with van der Waals surface area (Å²) in [5.41, 5.74) is 1.32. The number of aromatic nitrogens is 2. The second kappa shape index (κ2) is 7.89. The number of amides is 1. The number of nitrogens with zero attached hydrogens (tertiary/aromatic N) is 3. The van der Waals surface area contributed by atoms with Crippen molar-refractivity contribution in [2.24, 2.45) is 0 Å². The Balaban J connectivity index is 1.73. The van der Waals surface area contributed by atoms with Crippen LogP contribution in [0.3, 0.4) is 0 Å². The van der Waals surface area contributed by atoms with E-state index in [1.54, 1.807) is 24.1 Å². The largest absolute Gasteiger partial charge is 0.495 e. The Labute approximate surface area is 183 Å². The number of fused-ring (bicyclic) bond motifs is 1. The number of benzene rings is 2. The third-order valence-corrected chi connectivity index (χ3v) is 5.29. The minimum Gasteiger partial charge on any atom is -0.495 e. The lowest BCUT2D eigenvalue weighted by Gasteiger charge is -2.11. The molecule has 1 unspecified atom stereocenters. The molecule has 6 nitrogen and oxygen atoms in total. The first kappa shape index (κ1) is 20.6. The molecule has 8 heteroatoms. The Morgan fingerprint density at radius 1 is 1.39 bits per heavy atom. The highest BCUT2D eigenvalue weighted by molar-refractivity contribution is 6.31. The molecule has 2 heterocycles. The van der Waals surface area contributed by atoms with Crippen LogP contribution in [0.25, 0.3) is 10.9 Å². The Kier molecular flexibility index (Phi) is 5.25. The molecule has 1 aromatic heterocycles. The van der Waals surface area contributed by atoms with Crippen molar-refractivity contribution in [1.82, 2.24) is 14.9 Å². The van der Waals surface area contributed by atoms with Gasteiger partial charge in [0.15, 0.2) is 0 Å². The molecule has 0 spiro atoms. The van der Waals surface area contributed by atoms with Crippen LogP contribution in [-0.4, -0.2) is 40.0 Å². The lowest BCUT2D eigenvalue weighted by atomic mass is 10.1. The average Bonchev–Trinajstić information content (AvgIpc) is 3.45. The molecule has 1 saturated heterocycles. The highest BCUT2D eigenvalue weighted by Gasteiger charge is 2.49. The monoisotopic (exact) mass is 436 g/mol. The highest BCUT2D eigenvalue weighted by atomic mass is 35.5. The Bertz CT molecular complexity index is 1280. The summed E-state index contributed by atoms with van der Waals surface area (Å²) in [5.74, 6) is 6.68. The number of hydrogen-bond acceptors (Lipinski definition) is 5. The Morgan fingerprint density at radius 3 is 2.90 bits per heavy atom. The third-order valence-electron chi connectivity index (χ3n) is 5.00. The summed E-state index contributed by atoms with van der Waals surface area (Å²) in [6, 6.07) is 7.92. The number of ether oxygens (including phenoxy) is 1. The van der Waals surface area contributed by atoms with E-state index in [0.717, 1.165) is 0 Å². The van der Waals surface area contributed by atoms with Gasteiger partial charge < -0.3 is 15.0 Å². The van der Waals surface area contributed by atoms with E-state index in [1.807, 2.05) is 13.0 Å². The minimum atomic E-state index is -0.537. The van der Waals surface area contributed by atoms with Gasteiger partial charge in [0.1, 0.15) is 29.3 Å². The van der Waals surface area contributed by atoms with Gasteiger partial charge >= 0.3 is 0 Å². The number of carbonyl (C=O) groups excluding carboxylic acids is 1. The van der Waals surface area contributed by atoms with Crippen molar-refractivity contribution in [1.29, 1.82) is 0 Å². The lowest BCUT2D eigenvalue weighted by molar-refractivity contribution is -0.121. The van der Waals surface area contributed by atoms with Gasteiger partial charge in [0.05, 0.1) is 29.8 Å². The molecule has 1 fully saturated rings. The fourth-order valence-corrected chi connectivity index (χ4v) is 3.35. The molecule has 156 valence electrons. The molecular weight excluding hydrogens is 419 g/mol. The Morgan fingerprint density at radius 2 is 2.19 bits per heavy atom. The zero-order valence-electron chi connectivity index (χ0n) is 16.9. The first-order valence-corrected chi connectivity index (χ1v) is 9.74. The first-order chi connectivity index (χ1) is 14.8. The quantitative estimate of drug-likeness (QED) is 0.375. The number of anilines is 2. The van der Waals surface area contributed by atoms with E-state index in [0.29, 0.717) is 40.3 Å². The maximum Gasteiger partial charge on any atom is 0.247 e. The van der Waals surface area contributed by atoms with Crippen LogP contribution < -0.4 is 10.1 Å². The second-order valence-electron chi connectivity index (χ2n) is 7.20. The fraction of sp³-hybridized carbons (Fsp3) is 0.174. The van der Waals surface area contributed by atoms with Crippen molar-refractivity contribution in [2.75, 3.05) is 19.0 Å². The van der Waals surface area contributed by atoms with Gasteiger partial charge in [-0.2, -0.15) is 0 Å². The molecule has 0 bridgehead atoms. The number of hydrogen-bond donors (Lipinski definition) is 1. The molecule has 3 aromatic rings. The van der Waals surface area contributed by atoms with Gasteiger partial charge in [0, 0.05) is 17.1 Å². The first-order valence-electron chi connectivity index (χ1n) is 9.36. The second-order valence-corrected chi connectivity index (χ2v) is 7.61. The van der Waals surface area contributed by atoms with Gasteiger partial charge in [-0.1, -0.05) is 30.0 Å². The van der Waals surface area contributed by atoms with Gasteiger partial charge in [-0.15, -0.1) is 0 Å². The summed E-state index contributed by atoms with van der Waals surface area (Å²) >= 11 is 5.88. The number of methoxy groups -OCH3 is 1. The van der Waals surface area contributed by atoms with Crippen molar-refractivity contribution >= 4 is 39.9 Å². The zero-order chi connectivity index (χ0) is 22.2. The SMILES string of the molecule is C=CC(=O)N1CC1(C)C#Cc1cc2c(Nc3ccc(F)c(Cl)c3)ncnc2cc1OC. The standard InChI is InChI=1S/C23H18ClFN4O2/c1-4-21(30)29-12-23(29,2)8-7-14-9-16-19(11-20(14)31-3)26-13-27-22(16)28-15-5-6-18(25)17(24)10-15/h4-6,9-11,13H,1,12H2,2-3H3,(H,26,27,28). The molecule has 0 aliphatic carbocycles. The Hall–Kier alpha value is -3.63. The van der Waals surface area contributed by atoms with Gasteiger partial charge in [0.2, 0.25) is 5.91 Å². The topological polar surface area (TPSA) is 67.1 Å². The number of nitrogens with one attached hydrogen (secondary N) is 1. The smallest absolute Gasteiger partial charge is 0.247 e. The predicted octanol–water partition coefficient (Wildman–Crippen LogP) is 4.31. The lowest BCUT2D eigenvalue weighted by Crippen LogP contribution is -2.16. The van der Waals surface area contributed by atoms with Gasteiger partial charge in [-0.25, -0.2) is 14.4 Å². The summed E-state index contributed by atoms with van der Waals surface area (Å²) in [5, 5.41) is 3.85. The molecule has 4 rings (SSSR count). The summed E-state index contributed by atoms with van der Waals surface area (Å²) in [6.07, 6.45) is 2.70. The van der Waals surface area contributed by atoms with Crippen LogP contribution in [0.4, 0.5) is 15.9 Å². The molecule has 31 heavy (non-hydrogen) atoms. The van der Waals surface area contributed by atoms with Crippen LogP contribution in [0.15, 0.2) is 49.3 Å². The van der Waals surface area contributed by atoms with E-state index in [2.05, 4.69) is 33.7 Å². The van der Waals surface area contributed by atoms with E-state index in [1.165, 1.54) is 24.5 Å². The maximum atomic E-state index is 13.5. The van der Waals surface area contributed by atoms with E-state index >= 15 is 0 Å². The molecule has 1 N–H and O–H groups in total. The highest BCUT2D eigenvalue weighted by Crippen LogP contribution is 2.33. The van der Waals surface area contributed by atoms with Crippen LogP contribution in [-0.2, 0) is 4.79 Å².